The van der Waals surface area contributed by atoms with Crippen LogP contribution in [0, 0.1) is 0 Å². The van der Waals surface area contributed by atoms with Crippen molar-refractivity contribution in [3.05, 3.63) is 53.6 Å². The maximum Gasteiger partial charge on any atom is 0.220 e. The van der Waals surface area contributed by atoms with E-state index in [2.05, 4.69) is 55.3 Å². The molecule has 1 N–H and O–H groups in total. The predicted molar refractivity (Wildman–Crippen MR) is 130 cm³/mol. The number of amides is 1. The molecule has 0 saturated carbocycles. The van der Waals surface area contributed by atoms with Gasteiger partial charge in [-0.05, 0) is 54.2 Å². The Morgan fingerprint density at radius 2 is 1.61 bits per heavy atom. The number of rotatable bonds is 6. The third-order valence-corrected chi connectivity index (χ3v) is 6.40. The van der Waals surface area contributed by atoms with Crippen LogP contribution in [0.25, 0.3) is 0 Å². The first kappa shape index (κ1) is 23.1. The Kier molecular flexibility index (Phi) is 6.91. The normalized spacial score (nSPS) is 16.4. The van der Waals surface area contributed by atoms with Gasteiger partial charge in [-0.2, -0.15) is 0 Å². The van der Waals surface area contributed by atoms with Crippen LogP contribution in [0.5, 0.6) is 11.5 Å². The number of ether oxygens (including phenoxy) is 2. The van der Waals surface area contributed by atoms with Crippen molar-refractivity contribution in [3.63, 3.8) is 0 Å². The van der Waals surface area contributed by atoms with E-state index in [0.29, 0.717) is 30.3 Å². The number of piperidine rings is 1. The first-order chi connectivity index (χ1) is 15.8. The predicted octanol–water partition coefficient (Wildman–Crippen LogP) is 4.50. The second-order valence-corrected chi connectivity index (χ2v) is 9.91. The third-order valence-electron chi connectivity index (χ3n) is 6.40. The van der Waals surface area contributed by atoms with E-state index in [4.69, 9.17) is 9.47 Å². The van der Waals surface area contributed by atoms with Crippen molar-refractivity contribution in [2.45, 2.75) is 57.9 Å². The van der Waals surface area contributed by atoms with Gasteiger partial charge in [0, 0.05) is 43.2 Å². The van der Waals surface area contributed by atoms with E-state index in [1.54, 1.807) is 18.2 Å². The molecule has 0 aromatic heterocycles. The first-order valence-corrected chi connectivity index (χ1v) is 11.9. The van der Waals surface area contributed by atoms with Gasteiger partial charge in [0.15, 0.2) is 17.3 Å². The molecule has 33 heavy (non-hydrogen) atoms. The van der Waals surface area contributed by atoms with Crippen molar-refractivity contribution >= 4 is 17.4 Å². The topological polar surface area (TPSA) is 67.9 Å². The fraction of sp³-hybridized carbons (Fsp3) is 0.481. The lowest BCUT2D eigenvalue weighted by Gasteiger charge is -2.34. The Morgan fingerprint density at radius 3 is 2.27 bits per heavy atom. The average molecular weight is 451 g/mol. The SMILES string of the molecule is CC(C)(C)c1ccc(N2CCC(NC(=O)CCC(=O)c3ccc4c(c3)OCCO4)CC2)cc1. The molecule has 2 aromatic carbocycles. The van der Waals surface area contributed by atoms with Crippen molar-refractivity contribution in [2.24, 2.45) is 0 Å². The Balaban J connectivity index is 1.21. The summed E-state index contributed by atoms with van der Waals surface area (Å²) in [5, 5.41) is 3.11. The molecule has 2 aliphatic heterocycles. The number of nitrogens with one attached hydrogen (secondary N) is 1. The van der Waals surface area contributed by atoms with Gasteiger partial charge < -0.3 is 19.7 Å². The summed E-state index contributed by atoms with van der Waals surface area (Å²) in [5.41, 5.74) is 3.27. The second kappa shape index (κ2) is 9.86. The van der Waals surface area contributed by atoms with Gasteiger partial charge in [0.1, 0.15) is 13.2 Å². The molecule has 0 aliphatic carbocycles. The van der Waals surface area contributed by atoms with E-state index in [0.717, 1.165) is 25.9 Å². The number of fused-ring (bicyclic) bond motifs is 1. The molecule has 4 rings (SSSR count). The van der Waals surface area contributed by atoms with Crippen molar-refractivity contribution in [3.8, 4) is 11.5 Å². The highest BCUT2D eigenvalue weighted by Crippen LogP contribution is 2.31. The Bertz CT molecular complexity index is 986. The molecular weight excluding hydrogens is 416 g/mol. The van der Waals surface area contributed by atoms with Crippen LogP contribution >= 0.6 is 0 Å². The number of carbonyl (C=O) groups excluding carboxylic acids is 2. The molecular formula is C27H34N2O4. The van der Waals surface area contributed by atoms with Gasteiger partial charge in [0.25, 0.3) is 0 Å². The lowest BCUT2D eigenvalue weighted by Crippen LogP contribution is -2.44. The Labute approximate surface area is 196 Å². The monoisotopic (exact) mass is 450 g/mol. The number of hydrogen-bond donors (Lipinski definition) is 1. The summed E-state index contributed by atoms with van der Waals surface area (Å²) in [6, 6.07) is 14.2. The van der Waals surface area contributed by atoms with Crippen molar-refractivity contribution in [1.29, 1.82) is 0 Å². The van der Waals surface area contributed by atoms with E-state index < -0.39 is 0 Å². The van der Waals surface area contributed by atoms with Crippen molar-refractivity contribution < 1.29 is 19.1 Å². The molecule has 0 radical (unpaired) electrons. The largest absolute Gasteiger partial charge is 0.486 e. The van der Waals surface area contributed by atoms with Crippen LogP contribution in [0.1, 0.15) is 62.4 Å². The zero-order chi connectivity index (χ0) is 23.4. The van der Waals surface area contributed by atoms with E-state index in [1.807, 2.05) is 0 Å². The van der Waals surface area contributed by atoms with E-state index in [9.17, 15) is 9.59 Å². The quantitative estimate of drug-likeness (QED) is 0.656. The van der Waals surface area contributed by atoms with Crippen LogP contribution in [0.2, 0.25) is 0 Å². The molecule has 6 nitrogen and oxygen atoms in total. The smallest absolute Gasteiger partial charge is 0.220 e. The second-order valence-electron chi connectivity index (χ2n) is 9.91. The standard InChI is InChI=1S/C27H34N2O4/c1-27(2,3)20-5-7-22(8-6-20)29-14-12-21(13-15-29)28-26(31)11-9-23(30)19-4-10-24-25(18-19)33-17-16-32-24/h4-8,10,18,21H,9,11-17H2,1-3H3,(H,28,31). The van der Waals surface area contributed by atoms with Gasteiger partial charge in [-0.1, -0.05) is 32.9 Å². The number of anilines is 1. The van der Waals surface area contributed by atoms with Gasteiger partial charge in [0.2, 0.25) is 5.91 Å². The number of benzene rings is 2. The summed E-state index contributed by atoms with van der Waals surface area (Å²) in [6.45, 7) is 9.49. The average Bonchev–Trinajstić information content (AvgIpc) is 2.82. The fourth-order valence-electron chi connectivity index (χ4n) is 4.34. The molecule has 2 aromatic rings. The third kappa shape index (κ3) is 5.86. The van der Waals surface area contributed by atoms with Gasteiger partial charge in [0.05, 0.1) is 0 Å². The lowest BCUT2D eigenvalue weighted by molar-refractivity contribution is -0.121. The Morgan fingerprint density at radius 1 is 0.939 bits per heavy atom. The molecule has 0 atom stereocenters. The minimum Gasteiger partial charge on any atom is -0.486 e. The molecule has 0 spiro atoms. The molecule has 1 saturated heterocycles. The zero-order valence-corrected chi connectivity index (χ0v) is 19.9. The van der Waals surface area contributed by atoms with Crippen molar-refractivity contribution in [1.82, 2.24) is 5.32 Å². The van der Waals surface area contributed by atoms with Crippen molar-refractivity contribution in [2.75, 3.05) is 31.2 Å². The summed E-state index contributed by atoms with van der Waals surface area (Å²) in [6.07, 6.45) is 2.19. The minimum absolute atomic E-state index is 0.0596. The molecule has 1 fully saturated rings. The summed E-state index contributed by atoms with van der Waals surface area (Å²) in [5.74, 6) is 1.13. The lowest BCUT2D eigenvalue weighted by atomic mass is 9.87. The summed E-state index contributed by atoms with van der Waals surface area (Å²) in [4.78, 5) is 27.3. The van der Waals surface area contributed by atoms with Crippen LogP contribution in [-0.2, 0) is 10.2 Å². The molecule has 2 heterocycles. The first-order valence-electron chi connectivity index (χ1n) is 11.9. The van der Waals surface area contributed by atoms with Crippen LogP contribution in [0.4, 0.5) is 5.69 Å². The number of hydrogen-bond acceptors (Lipinski definition) is 5. The van der Waals surface area contributed by atoms with E-state index in [1.165, 1.54) is 11.3 Å². The van der Waals surface area contributed by atoms with Crippen LogP contribution in [-0.4, -0.2) is 44.0 Å². The molecule has 176 valence electrons. The minimum atomic E-state index is -0.0612. The maximum absolute atomic E-state index is 12.5. The molecule has 0 unspecified atom stereocenters. The van der Waals surface area contributed by atoms with Crippen LogP contribution in [0.3, 0.4) is 0 Å². The van der Waals surface area contributed by atoms with Crippen LogP contribution < -0.4 is 19.7 Å². The highest BCUT2D eigenvalue weighted by Gasteiger charge is 2.22. The summed E-state index contributed by atoms with van der Waals surface area (Å²) in [7, 11) is 0. The van der Waals surface area contributed by atoms with Gasteiger partial charge in [-0.15, -0.1) is 0 Å². The summed E-state index contributed by atoms with van der Waals surface area (Å²) >= 11 is 0. The highest BCUT2D eigenvalue weighted by molar-refractivity contribution is 5.98. The van der Waals surface area contributed by atoms with Gasteiger partial charge in [-0.25, -0.2) is 0 Å². The highest BCUT2D eigenvalue weighted by atomic mass is 16.6. The van der Waals surface area contributed by atoms with Crippen LogP contribution in [0.15, 0.2) is 42.5 Å². The number of carbonyl (C=O) groups is 2. The number of Topliss-reactive ketones (excluding diaryl/α,β-unsaturated/α-hetero) is 1. The molecule has 0 bridgehead atoms. The molecule has 6 heteroatoms. The number of ketones is 1. The van der Waals surface area contributed by atoms with E-state index in [-0.39, 0.29) is 36.0 Å². The molecule has 2 aliphatic rings. The maximum atomic E-state index is 12.5. The fourth-order valence-corrected chi connectivity index (χ4v) is 4.34. The number of nitrogens with zero attached hydrogens (tertiary/aromatic N) is 1. The Hall–Kier alpha value is -3.02. The van der Waals surface area contributed by atoms with E-state index >= 15 is 0 Å². The zero-order valence-electron chi connectivity index (χ0n) is 19.9. The van der Waals surface area contributed by atoms with Gasteiger partial charge in [-0.3, -0.25) is 9.59 Å². The summed E-state index contributed by atoms with van der Waals surface area (Å²) < 4.78 is 11.0. The van der Waals surface area contributed by atoms with Gasteiger partial charge >= 0.3 is 0 Å². The molecule has 1 amide bonds.